The van der Waals surface area contributed by atoms with Gasteiger partial charge in [-0.25, -0.2) is 0 Å². The minimum Gasteiger partial charge on any atom is -0.378 e. The van der Waals surface area contributed by atoms with Crippen LogP contribution in [0.15, 0.2) is 48.5 Å². The van der Waals surface area contributed by atoms with E-state index in [1.54, 1.807) is 4.90 Å². The van der Waals surface area contributed by atoms with Crippen LogP contribution in [-0.2, 0) is 16.0 Å². The first-order valence-corrected chi connectivity index (χ1v) is 10.0. The smallest absolute Gasteiger partial charge is 0.253 e. The Hall–Kier alpha value is -2.66. The van der Waals surface area contributed by atoms with E-state index >= 15 is 0 Å². The number of nitrogens with one attached hydrogen (secondary N) is 1. The molecule has 5 heteroatoms. The number of carbonyl (C=O) groups excluding carboxylic acids is 2. The number of rotatable bonds is 4. The van der Waals surface area contributed by atoms with Gasteiger partial charge in [-0.15, -0.1) is 0 Å². The first-order chi connectivity index (χ1) is 13.6. The molecule has 0 spiro atoms. The van der Waals surface area contributed by atoms with Crippen molar-refractivity contribution in [1.82, 2.24) is 10.2 Å². The summed E-state index contributed by atoms with van der Waals surface area (Å²) in [4.78, 5) is 26.9. The van der Waals surface area contributed by atoms with Crippen molar-refractivity contribution >= 4 is 11.8 Å². The highest BCUT2D eigenvalue weighted by Gasteiger charge is 2.35. The zero-order valence-electron chi connectivity index (χ0n) is 16.2. The Balaban J connectivity index is 1.49. The molecule has 2 atom stereocenters. The van der Waals surface area contributed by atoms with Crippen LogP contribution in [0.3, 0.4) is 0 Å². The number of carbonyl (C=O) groups is 2. The van der Waals surface area contributed by atoms with Crippen LogP contribution in [0.1, 0.15) is 29.3 Å². The lowest BCUT2D eigenvalue weighted by atomic mass is 10.0. The number of benzene rings is 2. The third kappa shape index (κ3) is 3.94. The van der Waals surface area contributed by atoms with E-state index in [1.165, 1.54) is 5.56 Å². The van der Waals surface area contributed by atoms with Gasteiger partial charge in [-0.3, -0.25) is 9.59 Å². The van der Waals surface area contributed by atoms with Gasteiger partial charge < -0.3 is 15.0 Å². The van der Waals surface area contributed by atoms with Crippen LogP contribution < -0.4 is 5.32 Å². The number of ether oxygens (including phenoxy) is 1. The molecule has 2 bridgehead atoms. The van der Waals surface area contributed by atoms with Crippen LogP contribution in [0.25, 0.3) is 11.1 Å². The fraction of sp³-hybridized carbons (Fsp3) is 0.391. The van der Waals surface area contributed by atoms with Crippen molar-refractivity contribution < 1.29 is 14.3 Å². The van der Waals surface area contributed by atoms with Gasteiger partial charge in [-0.1, -0.05) is 49.7 Å². The largest absolute Gasteiger partial charge is 0.378 e. The zero-order valence-corrected chi connectivity index (χ0v) is 16.2. The van der Waals surface area contributed by atoms with Crippen molar-refractivity contribution in [2.45, 2.75) is 25.8 Å². The number of nitrogens with zero attached hydrogens (tertiary/aromatic N) is 1. The van der Waals surface area contributed by atoms with Gasteiger partial charge in [0.2, 0.25) is 5.91 Å². The Morgan fingerprint density at radius 3 is 2.39 bits per heavy atom. The SMILES string of the molecule is CCCc1ccc(-c2ccc(C(=O)N3C[C@H]4COC[C@@H](C3)C(=O)N4)cc2)cc1. The lowest BCUT2D eigenvalue weighted by molar-refractivity contribution is -0.125. The summed E-state index contributed by atoms with van der Waals surface area (Å²) in [6.45, 7) is 3.90. The summed E-state index contributed by atoms with van der Waals surface area (Å²) in [5.41, 5.74) is 4.24. The summed E-state index contributed by atoms with van der Waals surface area (Å²) < 4.78 is 5.53. The van der Waals surface area contributed by atoms with Crippen LogP contribution in [-0.4, -0.2) is 49.1 Å². The van der Waals surface area contributed by atoms with E-state index in [2.05, 4.69) is 36.5 Å². The number of hydrogen-bond donors (Lipinski definition) is 1. The predicted molar refractivity (Wildman–Crippen MR) is 108 cm³/mol. The summed E-state index contributed by atoms with van der Waals surface area (Å²) in [6.07, 6.45) is 2.23. The summed E-state index contributed by atoms with van der Waals surface area (Å²) in [7, 11) is 0. The Morgan fingerprint density at radius 1 is 1.04 bits per heavy atom. The molecule has 0 aromatic heterocycles. The average molecular weight is 378 g/mol. The normalized spacial score (nSPS) is 21.8. The van der Waals surface area contributed by atoms with Crippen LogP contribution in [0, 0.1) is 5.92 Å². The summed E-state index contributed by atoms with van der Waals surface area (Å²) >= 11 is 0. The van der Waals surface area contributed by atoms with Gasteiger partial charge in [-0.05, 0) is 35.2 Å². The van der Waals surface area contributed by atoms with E-state index < -0.39 is 0 Å². The van der Waals surface area contributed by atoms with Crippen LogP contribution in [0.5, 0.6) is 0 Å². The van der Waals surface area contributed by atoms with Gasteiger partial charge in [0.25, 0.3) is 5.91 Å². The Morgan fingerprint density at radius 2 is 1.71 bits per heavy atom. The van der Waals surface area contributed by atoms with Crippen molar-refractivity contribution in [2.75, 3.05) is 26.3 Å². The fourth-order valence-corrected chi connectivity index (χ4v) is 3.94. The van der Waals surface area contributed by atoms with Gasteiger partial charge in [0.05, 0.1) is 25.2 Å². The summed E-state index contributed by atoms with van der Waals surface area (Å²) in [5.74, 6) is -0.338. The molecule has 2 saturated heterocycles. The van der Waals surface area contributed by atoms with Crippen molar-refractivity contribution in [1.29, 1.82) is 0 Å². The van der Waals surface area contributed by atoms with E-state index in [1.807, 2.05) is 24.3 Å². The van der Waals surface area contributed by atoms with Crippen LogP contribution in [0.4, 0.5) is 0 Å². The van der Waals surface area contributed by atoms with Crippen molar-refractivity contribution in [3.8, 4) is 11.1 Å². The van der Waals surface area contributed by atoms with E-state index in [-0.39, 0.29) is 23.8 Å². The van der Waals surface area contributed by atoms with Crippen molar-refractivity contribution in [3.63, 3.8) is 0 Å². The second-order valence-electron chi connectivity index (χ2n) is 7.67. The van der Waals surface area contributed by atoms with Crippen molar-refractivity contribution in [3.05, 3.63) is 59.7 Å². The molecule has 1 N–H and O–H groups in total. The maximum Gasteiger partial charge on any atom is 0.253 e. The maximum atomic E-state index is 13.0. The van der Waals surface area contributed by atoms with Crippen LogP contribution >= 0.6 is 0 Å². The van der Waals surface area contributed by atoms with E-state index in [9.17, 15) is 9.59 Å². The molecule has 2 fully saturated rings. The topological polar surface area (TPSA) is 58.6 Å². The van der Waals surface area contributed by atoms with Gasteiger partial charge in [0.15, 0.2) is 0 Å². The molecule has 146 valence electrons. The van der Waals surface area contributed by atoms with Gasteiger partial charge in [0.1, 0.15) is 0 Å². The molecule has 5 nitrogen and oxygen atoms in total. The number of fused-ring (bicyclic) bond motifs is 3. The quantitative estimate of drug-likeness (QED) is 0.890. The molecule has 28 heavy (non-hydrogen) atoms. The summed E-state index contributed by atoms with van der Waals surface area (Å²) in [6, 6.07) is 16.2. The molecule has 0 unspecified atom stereocenters. The molecule has 2 amide bonds. The molecule has 2 aromatic rings. The molecule has 2 aliphatic heterocycles. The van der Waals surface area contributed by atoms with E-state index in [0.29, 0.717) is 31.9 Å². The molecule has 4 rings (SSSR count). The Bertz CT molecular complexity index is 845. The monoisotopic (exact) mass is 378 g/mol. The fourth-order valence-electron chi connectivity index (χ4n) is 3.94. The second-order valence-corrected chi connectivity index (χ2v) is 7.67. The van der Waals surface area contributed by atoms with Gasteiger partial charge in [0, 0.05) is 18.7 Å². The summed E-state index contributed by atoms with van der Waals surface area (Å²) in [5, 5.41) is 2.96. The van der Waals surface area contributed by atoms with Gasteiger partial charge in [-0.2, -0.15) is 0 Å². The molecule has 2 aromatic carbocycles. The molecule has 2 heterocycles. The first kappa shape index (κ1) is 18.7. The molecule has 0 radical (unpaired) electrons. The van der Waals surface area contributed by atoms with Crippen molar-refractivity contribution in [2.24, 2.45) is 5.92 Å². The lowest BCUT2D eigenvalue weighted by Crippen LogP contribution is -2.44. The standard InChI is InChI=1S/C23H26N2O3/c1-2-3-16-4-6-17(7-5-16)18-8-10-19(11-9-18)23(27)25-12-20-14-28-15-21(13-25)24-22(20)26/h4-11,20-21H,2-3,12-15H2,1H3,(H,24,26)/t20-,21+/m1/s1. The zero-order chi connectivity index (χ0) is 19.5. The highest BCUT2D eigenvalue weighted by atomic mass is 16.5. The number of hydrogen-bond acceptors (Lipinski definition) is 3. The minimum atomic E-state index is -0.294. The predicted octanol–water partition coefficient (Wildman–Crippen LogP) is 2.89. The van der Waals surface area contributed by atoms with E-state index in [4.69, 9.17) is 4.74 Å². The number of amides is 2. The molecule has 2 aliphatic rings. The highest BCUT2D eigenvalue weighted by Crippen LogP contribution is 2.22. The highest BCUT2D eigenvalue weighted by molar-refractivity contribution is 5.95. The third-order valence-corrected chi connectivity index (χ3v) is 5.48. The molecular formula is C23H26N2O3. The lowest BCUT2D eigenvalue weighted by Gasteiger charge is -2.27. The average Bonchev–Trinajstić information content (AvgIpc) is 2.97. The Kier molecular flexibility index (Phi) is 5.44. The van der Waals surface area contributed by atoms with Crippen LogP contribution in [0.2, 0.25) is 0 Å². The molecular weight excluding hydrogens is 352 g/mol. The van der Waals surface area contributed by atoms with Gasteiger partial charge >= 0.3 is 0 Å². The maximum absolute atomic E-state index is 13.0. The second kappa shape index (κ2) is 8.15. The number of aryl methyl sites for hydroxylation is 1. The Labute approximate surface area is 165 Å². The van der Waals surface area contributed by atoms with E-state index in [0.717, 1.165) is 24.0 Å². The first-order valence-electron chi connectivity index (χ1n) is 10.0. The molecule has 0 aliphatic carbocycles. The molecule has 0 saturated carbocycles. The third-order valence-electron chi connectivity index (χ3n) is 5.48. The minimum absolute atomic E-state index is 0.0142.